The monoisotopic (exact) mass is 544 g/mol. The van der Waals surface area contributed by atoms with Crippen molar-refractivity contribution in [3.63, 3.8) is 0 Å². The Morgan fingerprint density at radius 3 is 2.67 bits per heavy atom. The molecule has 12 heteroatoms. The molecule has 5 aromatic heterocycles. The third kappa shape index (κ3) is 4.26. The number of rotatable bonds is 5. The van der Waals surface area contributed by atoms with Crippen LogP contribution >= 0.6 is 0 Å². The van der Waals surface area contributed by atoms with Crippen molar-refractivity contribution in [2.45, 2.75) is 18.9 Å². The van der Waals surface area contributed by atoms with E-state index < -0.39 is 11.7 Å². The minimum absolute atomic E-state index is 0.119. The van der Waals surface area contributed by atoms with Crippen LogP contribution in [0.1, 0.15) is 12.0 Å². The minimum atomic E-state index is -2.70. The first-order valence-electron chi connectivity index (χ1n) is 12.5. The van der Waals surface area contributed by atoms with Gasteiger partial charge < -0.3 is 4.98 Å². The van der Waals surface area contributed by atoms with Crippen molar-refractivity contribution in [3.8, 4) is 33.8 Å². The first-order chi connectivity index (χ1) is 19.3. The van der Waals surface area contributed by atoms with Gasteiger partial charge in [0.15, 0.2) is 17.1 Å². The molecule has 0 saturated carbocycles. The summed E-state index contributed by atoms with van der Waals surface area (Å²) >= 11 is 0. The summed E-state index contributed by atoms with van der Waals surface area (Å²) in [5, 5.41) is 7.14. The Hall–Kier alpha value is -4.71. The predicted octanol–water partition coefficient (Wildman–Crippen LogP) is 5.74. The highest BCUT2D eigenvalue weighted by atomic mass is 19.3. The van der Waals surface area contributed by atoms with Crippen LogP contribution in [0, 0.1) is 11.6 Å². The number of benzene rings is 1. The van der Waals surface area contributed by atoms with Gasteiger partial charge in [-0.15, -0.1) is 0 Å². The number of nitrogens with zero attached hydrogens (tertiary/aromatic N) is 6. The molecule has 6 aromatic rings. The number of nitrogens with one attached hydrogen (secondary N) is 2. The van der Waals surface area contributed by atoms with Crippen LogP contribution in [0.25, 0.3) is 56.0 Å². The molecule has 6 heterocycles. The number of aromatic amines is 2. The van der Waals surface area contributed by atoms with Gasteiger partial charge >= 0.3 is 0 Å². The van der Waals surface area contributed by atoms with E-state index in [0.29, 0.717) is 33.4 Å². The highest BCUT2D eigenvalue weighted by molar-refractivity contribution is 5.96. The van der Waals surface area contributed by atoms with Crippen LogP contribution < -0.4 is 0 Å². The number of H-pyrrole nitrogens is 2. The van der Waals surface area contributed by atoms with Crippen molar-refractivity contribution in [2.24, 2.45) is 0 Å². The average Bonchev–Trinajstić information content (AvgIpc) is 3.65. The van der Waals surface area contributed by atoms with Gasteiger partial charge in [-0.1, -0.05) is 12.1 Å². The summed E-state index contributed by atoms with van der Waals surface area (Å²) in [6.07, 6.45) is 5.87. The van der Waals surface area contributed by atoms with Crippen molar-refractivity contribution >= 4 is 22.2 Å². The van der Waals surface area contributed by atoms with Crippen LogP contribution in [0.5, 0.6) is 0 Å². The highest BCUT2D eigenvalue weighted by Crippen LogP contribution is 2.35. The molecule has 1 aliphatic heterocycles. The molecule has 1 fully saturated rings. The quantitative estimate of drug-likeness (QED) is 0.269. The van der Waals surface area contributed by atoms with Gasteiger partial charge in [0, 0.05) is 61.0 Å². The fourth-order valence-corrected chi connectivity index (χ4v) is 5.16. The number of hydrogen-bond donors (Lipinski definition) is 2. The van der Waals surface area contributed by atoms with E-state index in [2.05, 4.69) is 35.1 Å². The molecule has 1 aromatic carbocycles. The smallest absolute Gasteiger partial charge is 0.261 e. The maximum absolute atomic E-state index is 16.1. The normalized spacial score (nSPS) is 15.4. The lowest BCUT2D eigenvalue weighted by atomic mass is 10.0. The molecule has 0 atom stereocenters. The van der Waals surface area contributed by atoms with Gasteiger partial charge in [0.05, 0.1) is 11.9 Å². The van der Waals surface area contributed by atoms with Crippen LogP contribution in [-0.4, -0.2) is 59.0 Å². The third-order valence-corrected chi connectivity index (χ3v) is 7.03. The van der Waals surface area contributed by atoms with E-state index in [0.717, 1.165) is 0 Å². The summed E-state index contributed by atoms with van der Waals surface area (Å²) in [6.45, 7) is 0.250. The number of alkyl halides is 2. The van der Waals surface area contributed by atoms with Crippen molar-refractivity contribution in [1.29, 1.82) is 0 Å². The zero-order chi connectivity index (χ0) is 27.4. The Morgan fingerprint density at radius 2 is 1.85 bits per heavy atom. The molecule has 1 saturated heterocycles. The zero-order valence-corrected chi connectivity index (χ0v) is 20.8. The summed E-state index contributed by atoms with van der Waals surface area (Å²) in [6, 6.07) is 9.60. The number of imidazole rings is 1. The maximum Gasteiger partial charge on any atom is 0.261 e. The van der Waals surface area contributed by atoms with Crippen LogP contribution in [0.2, 0.25) is 0 Å². The molecule has 0 unspecified atom stereocenters. The van der Waals surface area contributed by atoms with Gasteiger partial charge in [-0.25, -0.2) is 32.5 Å². The fourth-order valence-electron chi connectivity index (χ4n) is 5.16. The van der Waals surface area contributed by atoms with Gasteiger partial charge in [0.25, 0.3) is 5.92 Å². The van der Waals surface area contributed by atoms with Gasteiger partial charge in [-0.2, -0.15) is 5.10 Å². The standard InChI is InChI=1S/C28H20F4N8/c29-18-3-1-2-16(9-18)19-4-6-34-26-23(19)36-27(37-26)24-21-22(30)20(12-35-25(21)39-38-24)17-8-15(10-33-11-17)13-40-7-5-28(31,32)14-40/h1-4,6,8-12H,5,7,13-14H2,(H,34,36,37)(H,35,38,39). The van der Waals surface area contributed by atoms with Gasteiger partial charge in [0.2, 0.25) is 0 Å². The summed E-state index contributed by atoms with van der Waals surface area (Å²) < 4.78 is 57.2. The second-order valence-electron chi connectivity index (χ2n) is 9.83. The number of halogens is 4. The van der Waals surface area contributed by atoms with Crippen molar-refractivity contribution in [1.82, 2.24) is 40.0 Å². The van der Waals surface area contributed by atoms with E-state index in [4.69, 9.17) is 0 Å². The Balaban J connectivity index is 1.28. The SMILES string of the molecule is Fc1cccc(-c2ccnc3[nH]c(-c4n[nH]c5ncc(-c6cncc(CN7CCC(F)(F)C7)c6)c(F)c45)nc23)c1. The fraction of sp³-hybridized carbons (Fsp3) is 0.179. The molecule has 1 aliphatic rings. The number of aromatic nitrogens is 7. The molecular weight excluding hydrogens is 524 g/mol. The highest BCUT2D eigenvalue weighted by Gasteiger charge is 2.38. The van der Waals surface area contributed by atoms with E-state index >= 15 is 4.39 Å². The minimum Gasteiger partial charge on any atom is -0.321 e. The zero-order valence-electron chi connectivity index (χ0n) is 20.8. The first-order valence-corrected chi connectivity index (χ1v) is 12.5. The van der Waals surface area contributed by atoms with Crippen LogP contribution in [0.4, 0.5) is 17.6 Å². The maximum atomic E-state index is 16.1. The van der Waals surface area contributed by atoms with Gasteiger partial charge in [0.1, 0.15) is 22.8 Å². The summed E-state index contributed by atoms with van der Waals surface area (Å²) in [5.74, 6) is -3.40. The number of fused-ring (bicyclic) bond motifs is 2. The van der Waals surface area contributed by atoms with Crippen LogP contribution in [0.15, 0.2) is 61.2 Å². The summed E-state index contributed by atoms with van der Waals surface area (Å²) in [7, 11) is 0. The molecule has 7 rings (SSSR count). The molecule has 0 radical (unpaired) electrons. The Labute approximate surface area is 224 Å². The van der Waals surface area contributed by atoms with Crippen LogP contribution in [-0.2, 0) is 6.54 Å². The van der Waals surface area contributed by atoms with Crippen molar-refractivity contribution in [2.75, 3.05) is 13.1 Å². The van der Waals surface area contributed by atoms with E-state index in [1.165, 1.54) is 24.5 Å². The first kappa shape index (κ1) is 24.3. The van der Waals surface area contributed by atoms with E-state index in [1.54, 1.807) is 41.6 Å². The third-order valence-electron chi connectivity index (χ3n) is 7.03. The lowest BCUT2D eigenvalue weighted by Crippen LogP contribution is -2.24. The Morgan fingerprint density at radius 1 is 0.950 bits per heavy atom. The molecule has 2 N–H and O–H groups in total. The summed E-state index contributed by atoms with van der Waals surface area (Å²) in [4.78, 5) is 22.3. The topological polar surface area (TPSA) is 99.3 Å². The Bertz CT molecular complexity index is 1900. The largest absolute Gasteiger partial charge is 0.321 e. The lowest BCUT2D eigenvalue weighted by Gasteiger charge is -2.15. The predicted molar refractivity (Wildman–Crippen MR) is 140 cm³/mol. The molecule has 0 amide bonds. The second kappa shape index (κ2) is 9.19. The molecule has 8 nitrogen and oxygen atoms in total. The second-order valence-corrected chi connectivity index (χ2v) is 9.83. The van der Waals surface area contributed by atoms with E-state index in [-0.39, 0.29) is 60.0 Å². The Kier molecular flexibility index (Phi) is 5.59. The van der Waals surface area contributed by atoms with E-state index in [1.807, 2.05) is 0 Å². The molecule has 40 heavy (non-hydrogen) atoms. The molecule has 0 bridgehead atoms. The summed E-state index contributed by atoms with van der Waals surface area (Å²) in [5.41, 5.74) is 3.95. The van der Waals surface area contributed by atoms with Crippen LogP contribution in [0.3, 0.4) is 0 Å². The number of likely N-dealkylation sites (tertiary alicyclic amines) is 1. The van der Waals surface area contributed by atoms with Gasteiger partial charge in [-0.3, -0.25) is 15.0 Å². The van der Waals surface area contributed by atoms with Crippen molar-refractivity contribution < 1.29 is 17.6 Å². The molecular formula is C28H20F4N8. The number of pyridine rings is 3. The number of hydrogen-bond acceptors (Lipinski definition) is 6. The molecule has 0 spiro atoms. The van der Waals surface area contributed by atoms with Gasteiger partial charge in [-0.05, 0) is 35.4 Å². The average molecular weight is 545 g/mol. The lowest BCUT2D eigenvalue weighted by molar-refractivity contribution is 0.0115. The molecule has 0 aliphatic carbocycles. The molecule has 200 valence electrons. The van der Waals surface area contributed by atoms with E-state index in [9.17, 15) is 13.2 Å². The van der Waals surface area contributed by atoms with Crippen molar-refractivity contribution in [3.05, 3.63) is 78.4 Å².